The molecule has 0 aliphatic rings. The van der Waals surface area contributed by atoms with Crippen molar-refractivity contribution in [3.63, 3.8) is 0 Å². The van der Waals surface area contributed by atoms with E-state index in [1.54, 1.807) is 0 Å². The van der Waals surface area contributed by atoms with Gasteiger partial charge in [0, 0.05) is 25.7 Å². The monoisotopic (exact) mass is 1490 g/mol. The molecule has 0 saturated heterocycles. The van der Waals surface area contributed by atoms with Gasteiger partial charge in [-0.25, -0.2) is 9.13 Å². The van der Waals surface area contributed by atoms with Gasteiger partial charge in [0.1, 0.15) is 19.3 Å². The van der Waals surface area contributed by atoms with Crippen LogP contribution in [0.25, 0.3) is 0 Å². The van der Waals surface area contributed by atoms with Gasteiger partial charge in [-0.3, -0.25) is 37.3 Å². The van der Waals surface area contributed by atoms with Crippen LogP contribution in [0.1, 0.15) is 446 Å². The SMILES string of the molecule is CCCCCCCCCCCCCCCCCCCC(=O)OC[C@H](COP(=O)(O)OC[C@@H](O)COP(=O)(O)OC[C@@H](COC(=O)CCCCCCCCCCCCC)OC(=O)CCCCCCCCCCCCCCC)OC(=O)CCCCCCCCCCCCCCCCCCCCC(C)C. The fraction of sp³-hybridized carbons (Fsp3) is 0.952. The summed E-state index contributed by atoms with van der Waals surface area (Å²) in [6.07, 6.45) is 67.9. The van der Waals surface area contributed by atoms with Gasteiger partial charge in [-0.1, -0.05) is 394 Å². The molecular formula is C83H162O17P2. The number of aliphatic hydroxyl groups is 1. The summed E-state index contributed by atoms with van der Waals surface area (Å²) in [5.41, 5.74) is 0. The van der Waals surface area contributed by atoms with E-state index in [4.69, 9.17) is 37.0 Å². The molecule has 0 aromatic rings. The molecular weight excluding hydrogens is 1330 g/mol. The second-order valence-electron chi connectivity index (χ2n) is 30.3. The summed E-state index contributed by atoms with van der Waals surface area (Å²) < 4.78 is 68.8. The highest BCUT2D eigenvalue weighted by Gasteiger charge is 2.30. The van der Waals surface area contributed by atoms with Crippen molar-refractivity contribution < 1.29 is 80.2 Å². The van der Waals surface area contributed by atoms with E-state index >= 15 is 0 Å². The topological polar surface area (TPSA) is 237 Å². The van der Waals surface area contributed by atoms with Gasteiger partial charge in [0.15, 0.2) is 12.2 Å². The van der Waals surface area contributed by atoms with Crippen LogP contribution in [0.5, 0.6) is 0 Å². The summed E-state index contributed by atoms with van der Waals surface area (Å²) in [5.74, 6) is -1.28. The average molecular weight is 1490 g/mol. The maximum absolute atomic E-state index is 13.1. The Kier molecular flexibility index (Phi) is 74.4. The third-order valence-electron chi connectivity index (χ3n) is 19.5. The number of phosphoric acid groups is 2. The van der Waals surface area contributed by atoms with Gasteiger partial charge in [-0.05, 0) is 31.6 Å². The van der Waals surface area contributed by atoms with Crippen molar-refractivity contribution in [2.24, 2.45) is 5.92 Å². The summed E-state index contributed by atoms with van der Waals surface area (Å²) >= 11 is 0. The molecule has 0 aliphatic carbocycles. The van der Waals surface area contributed by atoms with Gasteiger partial charge in [-0.2, -0.15) is 0 Å². The van der Waals surface area contributed by atoms with E-state index in [1.807, 2.05) is 0 Å². The van der Waals surface area contributed by atoms with Crippen LogP contribution in [-0.4, -0.2) is 96.7 Å². The van der Waals surface area contributed by atoms with Crippen molar-refractivity contribution in [3.8, 4) is 0 Å². The first kappa shape index (κ1) is 100. The zero-order valence-corrected chi connectivity index (χ0v) is 68.5. The molecule has 0 aliphatic heterocycles. The lowest BCUT2D eigenvalue weighted by Crippen LogP contribution is -2.30. The lowest BCUT2D eigenvalue weighted by Gasteiger charge is -2.21. The Morgan fingerprint density at radius 1 is 0.265 bits per heavy atom. The number of ether oxygens (including phenoxy) is 4. The van der Waals surface area contributed by atoms with Gasteiger partial charge in [0.25, 0.3) is 0 Å². The first-order chi connectivity index (χ1) is 49.5. The molecule has 0 heterocycles. The highest BCUT2D eigenvalue weighted by atomic mass is 31.2. The van der Waals surface area contributed by atoms with Crippen molar-refractivity contribution in [1.29, 1.82) is 0 Å². The van der Waals surface area contributed by atoms with E-state index in [2.05, 4.69) is 34.6 Å². The van der Waals surface area contributed by atoms with Crippen molar-refractivity contribution in [2.45, 2.75) is 464 Å². The van der Waals surface area contributed by atoms with E-state index < -0.39 is 97.5 Å². The second kappa shape index (κ2) is 75.9. The molecule has 19 heteroatoms. The molecule has 0 radical (unpaired) electrons. The molecule has 102 heavy (non-hydrogen) atoms. The summed E-state index contributed by atoms with van der Waals surface area (Å²) in [4.78, 5) is 73.1. The molecule has 0 rings (SSSR count). The van der Waals surface area contributed by atoms with Crippen LogP contribution >= 0.6 is 15.6 Å². The van der Waals surface area contributed by atoms with E-state index in [0.29, 0.717) is 25.7 Å². The van der Waals surface area contributed by atoms with Gasteiger partial charge in [-0.15, -0.1) is 0 Å². The van der Waals surface area contributed by atoms with Crippen LogP contribution in [0.15, 0.2) is 0 Å². The Hall–Kier alpha value is -1.94. The number of hydrogen-bond acceptors (Lipinski definition) is 15. The first-order valence-corrected chi connectivity index (χ1v) is 46.1. The fourth-order valence-electron chi connectivity index (χ4n) is 12.9. The molecule has 0 spiro atoms. The number of carbonyl (C=O) groups excluding carboxylic acids is 4. The molecule has 0 bridgehead atoms. The van der Waals surface area contributed by atoms with Crippen molar-refractivity contribution >= 4 is 39.5 Å². The molecule has 0 fully saturated rings. The predicted molar refractivity (Wildman–Crippen MR) is 418 cm³/mol. The second-order valence-corrected chi connectivity index (χ2v) is 33.3. The molecule has 0 amide bonds. The molecule has 5 atom stereocenters. The standard InChI is InChI=1S/C83H162O17P2/c1-6-9-12-15-18-21-24-26-27-30-34-38-42-47-52-57-62-67-81(86)94-73-79(100-83(88)69-64-59-54-49-44-39-35-32-29-28-31-33-37-41-45-50-55-60-65-76(4)5)75-98-102(91,92)96-71-77(84)70-95-101(89,90)97-74-78(72-93-80(85)66-61-56-51-46-40-23-20-17-14-11-8-3)99-82(87)68-63-58-53-48-43-36-25-22-19-16-13-10-7-2/h76-79,84H,6-75H2,1-5H3,(H,89,90)(H,91,92)/t77-,78+,79+/m0/s1. The first-order valence-electron chi connectivity index (χ1n) is 43.1. The number of rotatable bonds is 83. The van der Waals surface area contributed by atoms with E-state index in [0.717, 1.165) is 95.8 Å². The zero-order valence-electron chi connectivity index (χ0n) is 66.8. The Morgan fingerprint density at radius 3 is 0.667 bits per heavy atom. The van der Waals surface area contributed by atoms with Crippen LogP contribution < -0.4 is 0 Å². The maximum atomic E-state index is 13.1. The average Bonchev–Trinajstić information content (AvgIpc) is 0.914. The van der Waals surface area contributed by atoms with Crippen LogP contribution in [0.3, 0.4) is 0 Å². The van der Waals surface area contributed by atoms with Gasteiger partial charge in [0.05, 0.1) is 26.4 Å². The van der Waals surface area contributed by atoms with Crippen LogP contribution in [0.2, 0.25) is 0 Å². The minimum absolute atomic E-state index is 0.108. The lowest BCUT2D eigenvalue weighted by molar-refractivity contribution is -0.161. The molecule has 0 saturated carbocycles. The maximum Gasteiger partial charge on any atom is 0.472 e. The summed E-state index contributed by atoms with van der Waals surface area (Å²) in [7, 11) is -9.92. The number of phosphoric ester groups is 2. The summed E-state index contributed by atoms with van der Waals surface area (Å²) in [5, 5.41) is 10.7. The minimum Gasteiger partial charge on any atom is -0.462 e. The van der Waals surface area contributed by atoms with Gasteiger partial charge < -0.3 is 33.8 Å². The minimum atomic E-state index is -4.96. The smallest absolute Gasteiger partial charge is 0.462 e. The largest absolute Gasteiger partial charge is 0.472 e. The highest BCUT2D eigenvalue weighted by Crippen LogP contribution is 2.45. The Labute approximate surface area is 626 Å². The Morgan fingerprint density at radius 2 is 0.451 bits per heavy atom. The number of carbonyl (C=O) groups is 4. The molecule has 17 nitrogen and oxygen atoms in total. The quantitative estimate of drug-likeness (QED) is 0.0222. The summed E-state index contributed by atoms with van der Waals surface area (Å²) in [6.45, 7) is 7.38. The van der Waals surface area contributed by atoms with Crippen molar-refractivity contribution in [2.75, 3.05) is 39.6 Å². The summed E-state index contributed by atoms with van der Waals surface area (Å²) in [6, 6.07) is 0. The Bertz CT molecular complexity index is 1940. The number of esters is 4. The number of aliphatic hydroxyl groups excluding tert-OH is 1. The molecule has 606 valence electrons. The lowest BCUT2D eigenvalue weighted by atomic mass is 10.0. The molecule has 2 unspecified atom stereocenters. The predicted octanol–water partition coefficient (Wildman–Crippen LogP) is 25.2. The Balaban J connectivity index is 5.22. The van der Waals surface area contributed by atoms with Crippen LogP contribution in [0.4, 0.5) is 0 Å². The highest BCUT2D eigenvalue weighted by molar-refractivity contribution is 7.47. The van der Waals surface area contributed by atoms with Gasteiger partial charge >= 0.3 is 39.5 Å². The van der Waals surface area contributed by atoms with Gasteiger partial charge in [0.2, 0.25) is 0 Å². The van der Waals surface area contributed by atoms with E-state index in [1.165, 1.54) is 270 Å². The fourth-order valence-corrected chi connectivity index (χ4v) is 14.5. The van der Waals surface area contributed by atoms with Crippen molar-refractivity contribution in [3.05, 3.63) is 0 Å². The molecule has 0 aromatic carbocycles. The normalized spacial score (nSPS) is 13.8. The number of unbranched alkanes of at least 4 members (excludes halogenated alkanes) is 55. The molecule has 3 N–H and O–H groups in total. The number of hydrogen-bond donors (Lipinski definition) is 3. The van der Waals surface area contributed by atoms with Crippen LogP contribution in [0, 0.1) is 5.92 Å². The van der Waals surface area contributed by atoms with E-state index in [9.17, 15) is 43.2 Å². The van der Waals surface area contributed by atoms with Crippen molar-refractivity contribution in [1.82, 2.24) is 0 Å². The third kappa shape index (κ3) is 76.3. The van der Waals surface area contributed by atoms with E-state index in [-0.39, 0.29) is 25.7 Å². The zero-order chi connectivity index (χ0) is 74.8. The third-order valence-corrected chi connectivity index (χ3v) is 21.4. The molecule has 0 aromatic heterocycles. The van der Waals surface area contributed by atoms with Crippen LogP contribution in [-0.2, 0) is 65.4 Å².